The summed E-state index contributed by atoms with van der Waals surface area (Å²) in [4.78, 5) is 23.3. The fourth-order valence-corrected chi connectivity index (χ4v) is 2.99. The number of urea groups is 1. The molecular weight excluding hydrogens is 204 g/mol. The predicted molar refractivity (Wildman–Crippen MR) is 60.7 cm³/mol. The summed E-state index contributed by atoms with van der Waals surface area (Å²) < 4.78 is 0. The Balaban J connectivity index is 2.24. The van der Waals surface area contributed by atoms with Crippen LogP contribution in [0.2, 0.25) is 0 Å². The van der Waals surface area contributed by atoms with Gasteiger partial charge in [0.2, 0.25) is 0 Å². The monoisotopic (exact) mass is 224 g/mol. The highest BCUT2D eigenvalue weighted by Gasteiger charge is 2.53. The standard InChI is InChI=1S/C12H20N2O2/c1-7(2)9-5-4-8(3)12(6-9)10(15)13-11(16)14-12/h7-9H,4-6H2,1-3H3,(H2,13,14,15,16). The maximum Gasteiger partial charge on any atom is 0.322 e. The van der Waals surface area contributed by atoms with Crippen LogP contribution in [-0.4, -0.2) is 17.5 Å². The van der Waals surface area contributed by atoms with Crippen molar-refractivity contribution in [1.82, 2.24) is 10.6 Å². The Morgan fingerprint density at radius 2 is 2.00 bits per heavy atom. The molecule has 0 aromatic rings. The Labute approximate surface area is 96.2 Å². The molecule has 1 aliphatic heterocycles. The molecule has 1 spiro atoms. The van der Waals surface area contributed by atoms with Crippen molar-refractivity contribution in [3.8, 4) is 0 Å². The summed E-state index contributed by atoms with van der Waals surface area (Å²) in [6, 6.07) is -0.332. The van der Waals surface area contributed by atoms with Crippen molar-refractivity contribution in [2.45, 2.75) is 45.6 Å². The van der Waals surface area contributed by atoms with Gasteiger partial charge in [-0.25, -0.2) is 4.79 Å². The SMILES string of the molecule is CC(C)C1CCC(C)C2(C1)NC(=O)NC2=O. The Morgan fingerprint density at radius 3 is 2.50 bits per heavy atom. The maximum absolute atomic E-state index is 11.9. The van der Waals surface area contributed by atoms with E-state index in [4.69, 9.17) is 0 Å². The Bertz CT molecular complexity index is 327. The van der Waals surface area contributed by atoms with Gasteiger partial charge >= 0.3 is 6.03 Å². The number of rotatable bonds is 1. The fraction of sp³-hybridized carbons (Fsp3) is 0.833. The van der Waals surface area contributed by atoms with Crippen LogP contribution in [0.3, 0.4) is 0 Å². The first kappa shape index (κ1) is 11.4. The lowest BCUT2D eigenvalue weighted by molar-refractivity contribution is -0.128. The molecule has 1 heterocycles. The van der Waals surface area contributed by atoms with Gasteiger partial charge in [0, 0.05) is 0 Å². The first-order chi connectivity index (χ1) is 7.45. The molecule has 0 aromatic heterocycles. The summed E-state index contributed by atoms with van der Waals surface area (Å²) in [6.07, 6.45) is 2.95. The lowest BCUT2D eigenvalue weighted by atomic mass is 9.66. The van der Waals surface area contributed by atoms with E-state index in [0.29, 0.717) is 11.8 Å². The van der Waals surface area contributed by atoms with Gasteiger partial charge in [0.25, 0.3) is 5.91 Å². The van der Waals surface area contributed by atoms with Gasteiger partial charge < -0.3 is 5.32 Å². The van der Waals surface area contributed by atoms with Crippen LogP contribution in [0.1, 0.15) is 40.0 Å². The van der Waals surface area contributed by atoms with Crippen LogP contribution in [-0.2, 0) is 4.79 Å². The number of imide groups is 1. The molecule has 4 nitrogen and oxygen atoms in total. The topological polar surface area (TPSA) is 58.2 Å². The van der Waals surface area contributed by atoms with Crippen molar-refractivity contribution >= 4 is 11.9 Å². The van der Waals surface area contributed by atoms with Gasteiger partial charge in [-0.1, -0.05) is 20.8 Å². The Hall–Kier alpha value is -1.06. The van der Waals surface area contributed by atoms with E-state index in [-0.39, 0.29) is 17.9 Å². The van der Waals surface area contributed by atoms with E-state index >= 15 is 0 Å². The fourth-order valence-electron chi connectivity index (χ4n) is 2.99. The molecule has 0 aromatic carbocycles. The van der Waals surface area contributed by atoms with Crippen molar-refractivity contribution in [3.63, 3.8) is 0 Å². The normalized spacial score (nSPS) is 39.0. The molecule has 3 amide bonds. The third-order valence-corrected chi connectivity index (χ3v) is 4.31. The molecular formula is C12H20N2O2. The molecule has 2 fully saturated rings. The molecule has 16 heavy (non-hydrogen) atoms. The highest BCUT2D eigenvalue weighted by atomic mass is 16.2. The van der Waals surface area contributed by atoms with Crippen LogP contribution in [0.25, 0.3) is 0 Å². The van der Waals surface area contributed by atoms with Gasteiger partial charge in [-0.15, -0.1) is 0 Å². The molecule has 1 saturated carbocycles. The first-order valence-corrected chi connectivity index (χ1v) is 6.09. The van der Waals surface area contributed by atoms with Crippen LogP contribution in [0.4, 0.5) is 4.79 Å². The second-order valence-electron chi connectivity index (χ2n) is 5.57. The van der Waals surface area contributed by atoms with Crippen LogP contribution < -0.4 is 10.6 Å². The van der Waals surface area contributed by atoms with E-state index in [2.05, 4.69) is 31.4 Å². The van der Waals surface area contributed by atoms with Gasteiger partial charge in [-0.2, -0.15) is 0 Å². The van der Waals surface area contributed by atoms with E-state index < -0.39 is 5.54 Å². The first-order valence-electron chi connectivity index (χ1n) is 6.09. The van der Waals surface area contributed by atoms with Gasteiger partial charge in [-0.3, -0.25) is 10.1 Å². The number of carbonyl (C=O) groups is 2. The zero-order valence-corrected chi connectivity index (χ0v) is 10.2. The molecule has 4 heteroatoms. The molecule has 3 atom stereocenters. The largest absolute Gasteiger partial charge is 0.323 e. The minimum Gasteiger partial charge on any atom is -0.323 e. The van der Waals surface area contributed by atoms with Crippen molar-refractivity contribution in [2.24, 2.45) is 17.8 Å². The minimum atomic E-state index is -0.635. The summed E-state index contributed by atoms with van der Waals surface area (Å²) in [5, 5.41) is 5.23. The molecule has 0 radical (unpaired) electrons. The van der Waals surface area contributed by atoms with Crippen LogP contribution >= 0.6 is 0 Å². The molecule has 2 N–H and O–H groups in total. The van der Waals surface area contributed by atoms with E-state index in [1.54, 1.807) is 0 Å². The number of nitrogens with one attached hydrogen (secondary N) is 2. The third kappa shape index (κ3) is 1.60. The van der Waals surface area contributed by atoms with Crippen LogP contribution in [0.5, 0.6) is 0 Å². The van der Waals surface area contributed by atoms with Gasteiger partial charge in [-0.05, 0) is 37.0 Å². The summed E-state index contributed by atoms with van der Waals surface area (Å²) in [7, 11) is 0. The number of hydrogen-bond donors (Lipinski definition) is 2. The predicted octanol–water partition coefficient (Wildman–Crippen LogP) is 1.66. The lowest BCUT2D eigenvalue weighted by Crippen LogP contribution is -2.56. The molecule has 3 unspecified atom stereocenters. The minimum absolute atomic E-state index is 0.129. The summed E-state index contributed by atoms with van der Waals surface area (Å²) >= 11 is 0. The second-order valence-corrected chi connectivity index (χ2v) is 5.57. The van der Waals surface area contributed by atoms with E-state index in [1.807, 2.05) is 0 Å². The average molecular weight is 224 g/mol. The van der Waals surface area contributed by atoms with Crippen molar-refractivity contribution in [3.05, 3.63) is 0 Å². The third-order valence-electron chi connectivity index (χ3n) is 4.31. The van der Waals surface area contributed by atoms with Crippen molar-refractivity contribution in [1.29, 1.82) is 0 Å². The number of amides is 3. The Morgan fingerprint density at radius 1 is 1.31 bits per heavy atom. The van der Waals surface area contributed by atoms with E-state index in [1.165, 1.54) is 0 Å². The highest BCUT2D eigenvalue weighted by Crippen LogP contribution is 2.41. The average Bonchev–Trinajstić information content (AvgIpc) is 2.47. The molecule has 2 aliphatic rings. The molecule has 1 saturated heterocycles. The summed E-state index contributed by atoms with van der Waals surface area (Å²) in [6.45, 7) is 6.42. The Kier molecular flexibility index (Phi) is 2.68. The van der Waals surface area contributed by atoms with Gasteiger partial charge in [0.15, 0.2) is 0 Å². The smallest absolute Gasteiger partial charge is 0.322 e. The van der Waals surface area contributed by atoms with Crippen molar-refractivity contribution < 1.29 is 9.59 Å². The summed E-state index contributed by atoms with van der Waals surface area (Å²) in [5.74, 6) is 1.19. The molecule has 90 valence electrons. The van der Waals surface area contributed by atoms with Gasteiger partial charge in [0.1, 0.15) is 5.54 Å². The molecule has 0 bridgehead atoms. The molecule has 1 aliphatic carbocycles. The van der Waals surface area contributed by atoms with Crippen LogP contribution in [0.15, 0.2) is 0 Å². The molecule has 2 rings (SSSR count). The van der Waals surface area contributed by atoms with Crippen molar-refractivity contribution in [2.75, 3.05) is 0 Å². The second kappa shape index (κ2) is 3.75. The van der Waals surface area contributed by atoms with Crippen LogP contribution in [0, 0.1) is 17.8 Å². The number of hydrogen-bond acceptors (Lipinski definition) is 2. The summed E-state index contributed by atoms with van der Waals surface area (Å²) in [5.41, 5.74) is -0.635. The zero-order chi connectivity index (χ0) is 11.9. The maximum atomic E-state index is 11.9. The quantitative estimate of drug-likeness (QED) is 0.665. The van der Waals surface area contributed by atoms with Gasteiger partial charge in [0.05, 0.1) is 0 Å². The lowest BCUT2D eigenvalue weighted by Gasteiger charge is -2.42. The zero-order valence-electron chi connectivity index (χ0n) is 10.2. The number of carbonyl (C=O) groups excluding carboxylic acids is 2. The van der Waals surface area contributed by atoms with E-state index in [9.17, 15) is 9.59 Å². The highest BCUT2D eigenvalue weighted by molar-refractivity contribution is 6.07. The van der Waals surface area contributed by atoms with E-state index in [0.717, 1.165) is 19.3 Å².